The molecule has 3 rings (SSSR count). The Labute approximate surface area is 152 Å². The number of pyridine rings is 1. The third kappa shape index (κ3) is 3.94. The van der Waals surface area contributed by atoms with E-state index in [1.165, 1.54) is 5.56 Å². The predicted octanol–water partition coefficient (Wildman–Crippen LogP) is 3.72. The molecule has 0 spiro atoms. The molecular weight excluding hydrogens is 328 g/mol. The molecule has 5 heteroatoms. The standard InChI is InChI=1S/C21H22N2O3/c1-13-9-16-11-15(21(25)23-19(16)10-14(13)2)7-8-20(24)22-17-5-4-6-18(12-17)26-3/h4-6,9-12H,7-8H2,1-3H3,(H,22,24)(H,23,25). The molecule has 1 amide bonds. The van der Waals surface area contributed by atoms with Crippen LogP contribution in [-0.4, -0.2) is 18.0 Å². The summed E-state index contributed by atoms with van der Waals surface area (Å²) in [5.74, 6) is 0.539. The van der Waals surface area contributed by atoms with E-state index < -0.39 is 0 Å². The smallest absolute Gasteiger partial charge is 0.251 e. The minimum atomic E-state index is -0.144. The summed E-state index contributed by atoms with van der Waals surface area (Å²) < 4.78 is 5.14. The van der Waals surface area contributed by atoms with Crippen LogP contribution >= 0.6 is 0 Å². The van der Waals surface area contributed by atoms with Crippen molar-refractivity contribution in [2.24, 2.45) is 0 Å². The van der Waals surface area contributed by atoms with Gasteiger partial charge in [0, 0.05) is 29.3 Å². The number of carbonyl (C=O) groups is 1. The monoisotopic (exact) mass is 350 g/mol. The van der Waals surface area contributed by atoms with Crippen molar-refractivity contribution in [2.45, 2.75) is 26.7 Å². The molecule has 0 atom stereocenters. The summed E-state index contributed by atoms with van der Waals surface area (Å²) in [6.45, 7) is 4.06. The number of fused-ring (bicyclic) bond motifs is 1. The van der Waals surface area contributed by atoms with Crippen LogP contribution in [0.2, 0.25) is 0 Å². The van der Waals surface area contributed by atoms with Gasteiger partial charge in [0.05, 0.1) is 7.11 Å². The van der Waals surface area contributed by atoms with E-state index in [1.807, 2.05) is 38.1 Å². The second kappa shape index (κ2) is 7.44. The lowest BCUT2D eigenvalue weighted by atomic mass is 10.0. The van der Waals surface area contributed by atoms with Crippen LogP contribution < -0.4 is 15.6 Å². The first kappa shape index (κ1) is 17.7. The van der Waals surface area contributed by atoms with Gasteiger partial charge in [0.15, 0.2) is 0 Å². The summed E-state index contributed by atoms with van der Waals surface area (Å²) in [6, 6.07) is 13.1. The van der Waals surface area contributed by atoms with Crippen LogP contribution in [0.3, 0.4) is 0 Å². The molecule has 0 aliphatic heterocycles. The fourth-order valence-corrected chi connectivity index (χ4v) is 2.88. The number of nitrogens with one attached hydrogen (secondary N) is 2. The molecule has 0 saturated carbocycles. The summed E-state index contributed by atoms with van der Waals surface area (Å²) in [5, 5.41) is 3.81. The highest BCUT2D eigenvalue weighted by Crippen LogP contribution is 2.19. The number of aromatic nitrogens is 1. The average Bonchev–Trinajstić information content (AvgIpc) is 2.62. The van der Waals surface area contributed by atoms with Crippen LogP contribution in [0.1, 0.15) is 23.1 Å². The van der Waals surface area contributed by atoms with Crippen LogP contribution in [-0.2, 0) is 11.2 Å². The first-order valence-corrected chi connectivity index (χ1v) is 8.53. The molecule has 2 N–H and O–H groups in total. The highest BCUT2D eigenvalue weighted by molar-refractivity contribution is 5.91. The maximum absolute atomic E-state index is 12.3. The van der Waals surface area contributed by atoms with Crippen molar-refractivity contribution in [3.63, 3.8) is 0 Å². The molecule has 0 aliphatic carbocycles. The lowest BCUT2D eigenvalue weighted by Crippen LogP contribution is -2.17. The zero-order valence-corrected chi connectivity index (χ0v) is 15.2. The number of aromatic amines is 1. The van der Waals surface area contributed by atoms with Gasteiger partial charge >= 0.3 is 0 Å². The van der Waals surface area contributed by atoms with Gasteiger partial charge in [0.25, 0.3) is 5.56 Å². The third-order valence-corrected chi connectivity index (χ3v) is 4.51. The highest BCUT2D eigenvalue weighted by Gasteiger charge is 2.09. The van der Waals surface area contributed by atoms with Crippen molar-refractivity contribution in [2.75, 3.05) is 12.4 Å². The van der Waals surface area contributed by atoms with E-state index in [1.54, 1.807) is 19.2 Å². The molecule has 0 saturated heterocycles. The molecule has 5 nitrogen and oxygen atoms in total. The maximum atomic E-state index is 12.3. The number of carbonyl (C=O) groups excluding carboxylic acids is 1. The van der Waals surface area contributed by atoms with Crippen LogP contribution in [0.15, 0.2) is 47.3 Å². The Hall–Kier alpha value is -3.08. The summed E-state index contributed by atoms with van der Waals surface area (Å²) in [6.07, 6.45) is 0.616. The molecule has 0 fully saturated rings. The minimum Gasteiger partial charge on any atom is -0.497 e. The summed E-state index contributed by atoms with van der Waals surface area (Å²) in [7, 11) is 1.58. The largest absolute Gasteiger partial charge is 0.497 e. The third-order valence-electron chi connectivity index (χ3n) is 4.51. The zero-order chi connectivity index (χ0) is 18.7. The Kier molecular flexibility index (Phi) is 5.07. The SMILES string of the molecule is COc1cccc(NC(=O)CCc2cc3cc(C)c(C)cc3[nH]c2=O)c1. The lowest BCUT2D eigenvalue weighted by Gasteiger charge is -2.08. The van der Waals surface area contributed by atoms with Gasteiger partial charge in [-0.2, -0.15) is 0 Å². The summed E-state index contributed by atoms with van der Waals surface area (Å²) >= 11 is 0. The fourth-order valence-electron chi connectivity index (χ4n) is 2.88. The molecule has 134 valence electrons. The Bertz CT molecular complexity index is 1020. The van der Waals surface area contributed by atoms with Crippen LogP contribution in [0.4, 0.5) is 5.69 Å². The Morgan fingerprint density at radius 2 is 1.88 bits per heavy atom. The fraction of sp³-hybridized carbons (Fsp3) is 0.238. The number of ether oxygens (including phenoxy) is 1. The van der Waals surface area contributed by atoms with Gasteiger partial charge < -0.3 is 15.0 Å². The second-order valence-electron chi connectivity index (χ2n) is 6.43. The van der Waals surface area contributed by atoms with Gasteiger partial charge in [-0.15, -0.1) is 0 Å². The number of hydrogen-bond donors (Lipinski definition) is 2. The first-order valence-electron chi connectivity index (χ1n) is 8.53. The Morgan fingerprint density at radius 1 is 1.12 bits per heavy atom. The van der Waals surface area contributed by atoms with E-state index in [9.17, 15) is 9.59 Å². The average molecular weight is 350 g/mol. The number of benzene rings is 2. The van der Waals surface area contributed by atoms with Gasteiger partial charge in [-0.25, -0.2) is 0 Å². The second-order valence-corrected chi connectivity index (χ2v) is 6.43. The van der Waals surface area contributed by atoms with Crippen molar-refractivity contribution in [3.05, 3.63) is 69.5 Å². The number of methoxy groups -OCH3 is 1. The Balaban J connectivity index is 1.72. The van der Waals surface area contributed by atoms with Crippen LogP contribution in [0.25, 0.3) is 10.9 Å². The molecule has 26 heavy (non-hydrogen) atoms. The maximum Gasteiger partial charge on any atom is 0.251 e. The summed E-state index contributed by atoms with van der Waals surface area (Å²) in [4.78, 5) is 27.4. The Morgan fingerprint density at radius 3 is 2.65 bits per heavy atom. The van der Waals surface area contributed by atoms with Crippen molar-refractivity contribution < 1.29 is 9.53 Å². The van der Waals surface area contributed by atoms with Crippen molar-refractivity contribution in [3.8, 4) is 5.75 Å². The van der Waals surface area contributed by atoms with Gasteiger partial charge in [0.1, 0.15) is 5.75 Å². The molecule has 0 radical (unpaired) electrons. The summed E-state index contributed by atoms with van der Waals surface area (Å²) in [5.41, 5.74) is 4.27. The van der Waals surface area contributed by atoms with Gasteiger partial charge in [-0.05, 0) is 67.1 Å². The van der Waals surface area contributed by atoms with Crippen molar-refractivity contribution in [1.29, 1.82) is 0 Å². The van der Waals surface area contributed by atoms with Gasteiger partial charge in [-0.3, -0.25) is 9.59 Å². The van der Waals surface area contributed by atoms with E-state index in [-0.39, 0.29) is 17.9 Å². The van der Waals surface area contributed by atoms with Crippen molar-refractivity contribution in [1.82, 2.24) is 4.98 Å². The molecule has 3 aromatic rings. The highest BCUT2D eigenvalue weighted by atomic mass is 16.5. The number of aryl methyl sites for hydroxylation is 3. The molecule has 2 aromatic carbocycles. The quantitative estimate of drug-likeness (QED) is 0.737. The predicted molar refractivity (Wildman–Crippen MR) is 104 cm³/mol. The van der Waals surface area contributed by atoms with Crippen molar-refractivity contribution >= 4 is 22.5 Å². The molecule has 0 unspecified atom stereocenters. The molecule has 1 heterocycles. The van der Waals surface area contributed by atoms with E-state index in [0.29, 0.717) is 23.4 Å². The topological polar surface area (TPSA) is 71.2 Å². The number of H-pyrrole nitrogens is 1. The first-order chi connectivity index (χ1) is 12.5. The van der Waals surface area contributed by atoms with E-state index >= 15 is 0 Å². The minimum absolute atomic E-state index is 0.141. The van der Waals surface area contributed by atoms with E-state index in [4.69, 9.17) is 4.74 Å². The van der Waals surface area contributed by atoms with E-state index in [2.05, 4.69) is 16.4 Å². The number of amides is 1. The zero-order valence-electron chi connectivity index (χ0n) is 15.2. The molecular formula is C21H22N2O3. The molecule has 0 bridgehead atoms. The molecule has 0 aliphatic rings. The van der Waals surface area contributed by atoms with Crippen LogP contribution in [0, 0.1) is 13.8 Å². The number of hydrogen-bond acceptors (Lipinski definition) is 3. The molecule has 1 aromatic heterocycles. The lowest BCUT2D eigenvalue weighted by molar-refractivity contribution is -0.116. The van der Waals surface area contributed by atoms with Crippen LogP contribution in [0.5, 0.6) is 5.75 Å². The van der Waals surface area contributed by atoms with Gasteiger partial charge in [0.2, 0.25) is 5.91 Å². The number of anilines is 1. The van der Waals surface area contributed by atoms with E-state index in [0.717, 1.165) is 16.5 Å². The number of rotatable bonds is 5. The van der Waals surface area contributed by atoms with Gasteiger partial charge in [-0.1, -0.05) is 6.07 Å². The normalized spacial score (nSPS) is 10.7.